The van der Waals surface area contributed by atoms with E-state index in [1.165, 1.54) is 0 Å². The number of nitrogen functional groups attached to an aromatic ring is 1. The van der Waals surface area contributed by atoms with Crippen molar-refractivity contribution >= 4 is 28.6 Å². The monoisotopic (exact) mass is 276 g/mol. The Morgan fingerprint density at radius 2 is 2.32 bits per heavy atom. The van der Waals surface area contributed by atoms with Gasteiger partial charge in [-0.2, -0.15) is 0 Å². The minimum atomic E-state index is -0.138. The second-order valence-electron chi connectivity index (χ2n) is 3.98. The van der Waals surface area contributed by atoms with Crippen LogP contribution in [0.1, 0.15) is 15.4 Å². The predicted octanol–water partition coefficient (Wildman–Crippen LogP) is 1.74. The van der Waals surface area contributed by atoms with E-state index in [9.17, 15) is 4.79 Å². The van der Waals surface area contributed by atoms with Crippen LogP contribution in [0.4, 0.5) is 11.4 Å². The van der Waals surface area contributed by atoms with Crippen molar-refractivity contribution in [2.45, 2.75) is 6.42 Å². The van der Waals surface area contributed by atoms with Crippen LogP contribution in [0, 0.1) is 0 Å². The van der Waals surface area contributed by atoms with Crippen LogP contribution in [0.15, 0.2) is 29.8 Å². The van der Waals surface area contributed by atoms with Crippen LogP contribution >= 0.6 is 11.3 Å². The Morgan fingerprint density at radius 3 is 2.95 bits per heavy atom. The lowest BCUT2D eigenvalue weighted by atomic mass is 10.1. The summed E-state index contributed by atoms with van der Waals surface area (Å²) in [6, 6.07) is 5.24. The van der Waals surface area contributed by atoms with Crippen LogP contribution in [0.2, 0.25) is 0 Å². The molecule has 0 aliphatic carbocycles. The first-order valence-corrected chi connectivity index (χ1v) is 6.82. The van der Waals surface area contributed by atoms with Crippen molar-refractivity contribution in [3.63, 3.8) is 0 Å². The molecule has 0 saturated heterocycles. The highest BCUT2D eigenvalue weighted by molar-refractivity contribution is 7.09. The first-order chi connectivity index (χ1) is 9.20. The number of carbonyl (C=O) groups excluding carboxylic acids is 1. The third-order valence-corrected chi connectivity index (χ3v) is 3.52. The molecule has 0 atom stereocenters. The lowest BCUT2D eigenvalue weighted by Gasteiger charge is -2.10. The predicted molar refractivity (Wildman–Crippen MR) is 78.6 cm³/mol. The van der Waals surface area contributed by atoms with Gasteiger partial charge in [-0.1, -0.05) is 0 Å². The van der Waals surface area contributed by atoms with Crippen LogP contribution < -0.4 is 16.4 Å². The molecule has 0 bridgehead atoms. The maximum absolute atomic E-state index is 11.5. The number of nitrogens with one attached hydrogen (secondary N) is 2. The number of hydrogen-bond donors (Lipinski definition) is 3. The lowest BCUT2D eigenvalue weighted by Crippen LogP contribution is -2.18. The fourth-order valence-corrected chi connectivity index (χ4v) is 2.31. The Labute approximate surface area is 115 Å². The first kappa shape index (κ1) is 13.4. The van der Waals surface area contributed by atoms with Crippen molar-refractivity contribution in [2.75, 3.05) is 24.6 Å². The van der Waals surface area contributed by atoms with Gasteiger partial charge in [0.15, 0.2) is 0 Å². The Bertz CT molecular complexity index is 554. The molecular weight excluding hydrogens is 260 g/mol. The highest BCUT2D eigenvalue weighted by Crippen LogP contribution is 2.20. The molecule has 100 valence electrons. The summed E-state index contributed by atoms with van der Waals surface area (Å²) in [7, 11) is 1.60. The number of rotatable bonds is 5. The van der Waals surface area contributed by atoms with E-state index in [2.05, 4.69) is 15.6 Å². The summed E-state index contributed by atoms with van der Waals surface area (Å²) >= 11 is 1.64. The van der Waals surface area contributed by atoms with E-state index in [1.807, 2.05) is 11.4 Å². The average molecular weight is 276 g/mol. The second-order valence-corrected chi connectivity index (χ2v) is 4.96. The van der Waals surface area contributed by atoms with E-state index in [-0.39, 0.29) is 5.91 Å². The Kier molecular flexibility index (Phi) is 4.35. The lowest BCUT2D eigenvalue weighted by molar-refractivity contribution is 0.0963. The highest BCUT2D eigenvalue weighted by Gasteiger charge is 2.06. The highest BCUT2D eigenvalue weighted by atomic mass is 32.1. The zero-order valence-corrected chi connectivity index (χ0v) is 11.5. The van der Waals surface area contributed by atoms with E-state index in [1.54, 1.807) is 36.7 Å². The molecule has 1 amide bonds. The summed E-state index contributed by atoms with van der Waals surface area (Å²) < 4.78 is 0. The summed E-state index contributed by atoms with van der Waals surface area (Å²) in [6.45, 7) is 0.761. The normalized spacial score (nSPS) is 10.2. The molecule has 1 aromatic heterocycles. The zero-order valence-electron chi connectivity index (χ0n) is 10.6. The van der Waals surface area contributed by atoms with Gasteiger partial charge in [0, 0.05) is 37.2 Å². The number of nitrogens with two attached hydrogens (primary N) is 1. The summed E-state index contributed by atoms with van der Waals surface area (Å²) in [5.74, 6) is -0.138. The molecule has 2 rings (SSSR count). The third kappa shape index (κ3) is 3.45. The standard InChI is InChI=1S/C13H16N4OS/c1-15-13(18)9-2-3-11(10(14)8-9)16-5-4-12-17-6-7-19-12/h2-3,6-8,16H,4-5,14H2,1H3,(H,15,18). The molecule has 0 aliphatic heterocycles. The topological polar surface area (TPSA) is 80.0 Å². The number of nitrogens with zero attached hydrogens (tertiary/aromatic N) is 1. The fourth-order valence-electron chi connectivity index (χ4n) is 1.69. The summed E-state index contributed by atoms with van der Waals surface area (Å²) in [5, 5.41) is 8.86. The van der Waals surface area contributed by atoms with Crippen LogP contribution in [-0.2, 0) is 6.42 Å². The minimum absolute atomic E-state index is 0.138. The molecule has 1 heterocycles. The zero-order chi connectivity index (χ0) is 13.7. The molecule has 0 spiro atoms. The molecule has 6 heteroatoms. The van der Waals surface area contributed by atoms with Gasteiger partial charge >= 0.3 is 0 Å². The van der Waals surface area contributed by atoms with Crippen molar-refractivity contribution in [3.8, 4) is 0 Å². The van der Waals surface area contributed by atoms with Gasteiger partial charge in [-0.3, -0.25) is 4.79 Å². The summed E-state index contributed by atoms with van der Waals surface area (Å²) in [6.07, 6.45) is 2.65. The number of thiazole rings is 1. The number of hydrogen-bond acceptors (Lipinski definition) is 5. The minimum Gasteiger partial charge on any atom is -0.397 e. The van der Waals surface area contributed by atoms with Gasteiger partial charge < -0.3 is 16.4 Å². The van der Waals surface area contributed by atoms with Gasteiger partial charge in [-0.25, -0.2) is 4.98 Å². The number of carbonyl (C=O) groups is 1. The van der Waals surface area contributed by atoms with Crippen LogP contribution in [0.25, 0.3) is 0 Å². The molecule has 0 unspecified atom stereocenters. The van der Waals surface area contributed by atoms with E-state index >= 15 is 0 Å². The van der Waals surface area contributed by atoms with E-state index in [0.29, 0.717) is 11.3 Å². The number of aromatic nitrogens is 1. The number of anilines is 2. The Hall–Kier alpha value is -2.08. The molecule has 1 aromatic carbocycles. The number of benzene rings is 1. The van der Waals surface area contributed by atoms with Gasteiger partial charge in [0.25, 0.3) is 5.91 Å². The first-order valence-electron chi connectivity index (χ1n) is 5.94. The van der Waals surface area contributed by atoms with Crippen molar-refractivity contribution in [1.82, 2.24) is 10.3 Å². The van der Waals surface area contributed by atoms with Crippen molar-refractivity contribution < 1.29 is 4.79 Å². The van der Waals surface area contributed by atoms with E-state index < -0.39 is 0 Å². The van der Waals surface area contributed by atoms with Crippen LogP contribution in [0.3, 0.4) is 0 Å². The molecule has 5 nitrogen and oxygen atoms in total. The quantitative estimate of drug-likeness (QED) is 0.727. The third-order valence-electron chi connectivity index (χ3n) is 2.68. The maximum atomic E-state index is 11.5. The average Bonchev–Trinajstić information content (AvgIpc) is 2.93. The van der Waals surface area contributed by atoms with Crippen LogP contribution in [-0.4, -0.2) is 24.5 Å². The summed E-state index contributed by atoms with van der Waals surface area (Å²) in [4.78, 5) is 15.7. The molecule has 0 fully saturated rings. The van der Waals surface area contributed by atoms with Gasteiger partial charge in [0.2, 0.25) is 0 Å². The second kappa shape index (κ2) is 6.19. The van der Waals surface area contributed by atoms with Gasteiger partial charge in [0.05, 0.1) is 16.4 Å². The summed E-state index contributed by atoms with van der Waals surface area (Å²) in [5.41, 5.74) is 7.89. The van der Waals surface area contributed by atoms with Crippen molar-refractivity contribution in [3.05, 3.63) is 40.3 Å². The van der Waals surface area contributed by atoms with Gasteiger partial charge in [-0.15, -0.1) is 11.3 Å². The van der Waals surface area contributed by atoms with E-state index in [4.69, 9.17) is 5.73 Å². The molecule has 4 N–H and O–H groups in total. The van der Waals surface area contributed by atoms with Crippen molar-refractivity contribution in [2.24, 2.45) is 0 Å². The van der Waals surface area contributed by atoms with E-state index in [0.717, 1.165) is 23.7 Å². The Morgan fingerprint density at radius 1 is 1.47 bits per heavy atom. The molecule has 0 aliphatic rings. The maximum Gasteiger partial charge on any atom is 0.251 e. The van der Waals surface area contributed by atoms with Crippen LogP contribution in [0.5, 0.6) is 0 Å². The van der Waals surface area contributed by atoms with Crippen molar-refractivity contribution in [1.29, 1.82) is 0 Å². The van der Waals surface area contributed by atoms with Gasteiger partial charge in [-0.05, 0) is 18.2 Å². The fraction of sp³-hybridized carbons (Fsp3) is 0.231. The molecular formula is C13H16N4OS. The smallest absolute Gasteiger partial charge is 0.251 e. The molecule has 0 saturated carbocycles. The van der Waals surface area contributed by atoms with Gasteiger partial charge in [0.1, 0.15) is 0 Å². The molecule has 19 heavy (non-hydrogen) atoms. The Balaban J connectivity index is 1.95. The molecule has 0 radical (unpaired) electrons. The number of amides is 1. The SMILES string of the molecule is CNC(=O)c1ccc(NCCc2nccs2)c(N)c1. The molecule has 2 aromatic rings. The largest absolute Gasteiger partial charge is 0.397 e.